The molecular weight excluding hydrogens is 589 g/mol. The van der Waals surface area contributed by atoms with Crippen LogP contribution in [0.2, 0.25) is 0 Å². The maximum absolute atomic E-state index is 9.73. The van der Waals surface area contributed by atoms with E-state index in [1.807, 2.05) is 72.9 Å². The molecule has 3 aromatic heterocycles. The summed E-state index contributed by atoms with van der Waals surface area (Å²) in [6.45, 7) is 0. The molecule has 0 radical (unpaired) electrons. The molecule has 6 heteroatoms. The van der Waals surface area contributed by atoms with Crippen molar-refractivity contribution in [1.82, 2.24) is 14.1 Å². The Hall–Kier alpha value is -6.76. The Balaban J connectivity index is 1.39. The number of aliphatic imine (C=N–C) groups is 1. The number of nitriles is 2. The normalized spacial score (nSPS) is 12.3. The average molecular weight is 615 g/mol. The number of para-hydroxylation sites is 2. The lowest BCUT2D eigenvalue weighted by atomic mass is 9.94. The predicted molar refractivity (Wildman–Crippen MR) is 192 cm³/mol. The Bertz CT molecular complexity index is 2710. The first kappa shape index (κ1) is 27.5. The van der Waals surface area contributed by atoms with Gasteiger partial charge in [-0.3, -0.25) is 9.13 Å². The molecule has 224 valence electrons. The van der Waals surface area contributed by atoms with Gasteiger partial charge in [-0.2, -0.15) is 10.5 Å². The van der Waals surface area contributed by atoms with Crippen molar-refractivity contribution in [2.45, 2.75) is 12.8 Å². The summed E-state index contributed by atoms with van der Waals surface area (Å²) >= 11 is 0. The van der Waals surface area contributed by atoms with Crippen molar-refractivity contribution < 1.29 is 0 Å². The largest absolute Gasteiger partial charge is 0.294 e. The molecular formula is C42H26N6. The van der Waals surface area contributed by atoms with Gasteiger partial charge in [-0.15, -0.1) is 0 Å². The Morgan fingerprint density at radius 2 is 1.19 bits per heavy atom. The van der Waals surface area contributed by atoms with Crippen molar-refractivity contribution in [2.75, 3.05) is 0 Å². The topological polar surface area (TPSA) is 82.7 Å². The molecule has 9 rings (SSSR count). The monoisotopic (exact) mass is 614 g/mol. The van der Waals surface area contributed by atoms with Crippen molar-refractivity contribution in [1.29, 1.82) is 10.5 Å². The van der Waals surface area contributed by atoms with Crippen LogP contribution in [0.4, 0.5) is 5.82 Å². The third kappa shape index (κ3) is 4.25. The van der Waals surface area contributed by atoms with E-state index in [0.717, 1.165) is 79.9 Å². The van der Waals surface area contributed by atoms with Crippen molar-refractivity contribution in [3.05, 3.63) is 144 Å². The molecule has 5 aromatic carbocycles. The highest BCUT2D eigenvalue weighted by atomic mass is 15.2. The maximum atomic E-state index is 9.73. The summed E-state index contributed by atoms with van der Waals surface area (Å²) in [6.07, 6.45) is 3.83. The summed E-state index contributed by atoms with van der Waals surface area (Å²) in [5, 5.41) is 22.7. The van der Waals surface area contributed by atoms with Crippen LogP contribution < -0.4 is 0 Å². The molecule has 6 nitrogen and oxygen atoms in total. The number of nitrogens with zero attached hydrogens (tertiary/aromatic N) is 6. The van der Waals surface area contributed by atoms with Gasteiger partial charge in [-0.1, -0.05) is 72.8 Å². The van der Waals surface area contributed by atoms with E-state index >= 15 is 0 Å². The molecule has 0 saturated heterocycles. The van der Waals surface area contributed by atoms with E-state index in [1.165, 1.54) is 10.9 Å². The number of hydrogen-bond acceptors (Lipinski definition) is 4. The standard InChI is InChI=1S/C42H26N6/c43-25-27-9-7-10-29(21-27)31-11-1-2-12-32(31)30-23-40(47-37-16-5-4-14-34(37)36-22-28(26-44)18-19-39(36)47)46-41(24-30)48-38-17-6-3-13-33(38)35-15-8-20-45-42(35)48/h1-7,9-14,16-24H,8,15H2. The number of pyridine rings is 1. The Kier molecular flexibility index (Phi) is 6.28. The summed E-state index contributed by atoms with van der Waals surface area (Å²) < 4.78 is 4.38. The predicted octanol–water partition coefficient (Wildman–Crippen LogP) is 9.85. The fourth-order valence-electron chi connectivity index (χ4n) is 7.19. The van der Waals surface area contributed by atoms with Gasteiger partial charge in [0.2, 0.25) is 0 Å². The van der Waals surface area contributed by atoms with E-state index < -0.39 is 0 Å². The Morgan fingerprint density at radius 3 is 1.98 bits per heavy atom. The fraction of sp³-hybridized carbons (Fsp3) is 0.0476. The van der Waals surface area contributed by atoms with E-state index in [-0.39, 0.29) is 0 Å². The third-order valence-corrected chi connectivity index (χ3v) is 9.29. The zero-order chi connectivity index (χ0) is 32.2. The van der Waals surface area contributed by atoms with Gasteiger partial charge in [0.1, 0.15) is 17.5 Å². The number of fused-ring (bicyclic) bond motifs is 6. The third-order valence-electron chi connectivity index (χ3n) is 9.29. The molecule has 0 fully saturated rings. The van der Waals surface area contributed by atoms with E-state index in [1.54, 1.807) is 0 Å². The SMILES string of the molecule is N#Cc1cccc(-c2ccccc2-c2cc(-n3c4c(c5ccccc53)CCC=N4)nc(-n3c4ccccc4c4cc(C#N)ccc43)c2)c1. The van der Waals surface area contributed by atoms with Crippen molar-refractivity contribution in [3.63, 3.8) is 0 Å². The molecule has 1 aliphatic rings. The van der Waals surface area contributed by atoms with Gasteiger partial charge in [-0.25, -0.2) is 9.98 Å². The van der Waals surface area contributed by atoms with Gasteiger partial charge in [0.05, 0.1) is 39.8 Å². The van der Waals surface area contributed by atoms with Gasteiger partial charge in [0, 0.05) is 27.9 Å². The summed E-state index contributed by atoms with van der Waals surface area (Å²) in [6, 6.07) is 47.5. The zero-order valence-electron chi connectivity index (χ0n) is 25.8. The van der Waals surface area contributed by atoms with E-state index in [2.05, 4.69) is 81.9 Å². The second-order valence-corrected chi connectivity index (χ2v) is 12.0. The number of hydrogen-bond donors (Lipinski definition) is 0. The molecule has 0 spiro atoms. The molecule has 0 aliphatic carbocycles. The summed E-state index contributed by atoms with van der Waals surface area (Å²) in [4.78, 5) is 10.4. The first-order valence-electron chi connectivity index (χ1n) is 15.9. The summed E-state index contributed by atoms with van der Waals surface area (Å²) in [7, 11) is 0. The van der Waals surface area contributed by atoms with Crippen LogP contribution in [0, 0.1) is 22.7 Å². The minimum Gasteiger partial charge on any atom is -0.294 e. The van der Waals surface area contributed by atoms with Gasteiger partial charge < -0.3 is 0 Å². The van der Waals surface area contributed by atoms with Crippen LogP contribution in [0.1, 0.15) is 23.1 Å². The molecule has 48 heavy (non-hydrogen) atoms. The van der Waals surface area contributed by atoms with Gasteiger partial charge in [0.25, 0.3) is 0 Å². The van der Waals surface area contributed by atoms with E-state index in [0.29, 0.717) is 11.1 Å². The lowest BCUT2D eigenvalue weighted by Gasteiger charge is -2.17. The second-order valence-electron chi connectivity index (χ2n) is 12.0. The van der Waals surface area contributed by atoms with Crippen LogP contribution in [0.5, 0.6) is 0 Å². The van der Waals surface area contributed by atoms with Crippen molar-refractivity contribution in [3.8, 4) is 46.0 Å². The minimum absolute atomic E-state index is 0.615. The van der Waals surface area contributed by atoms with Crippen molar-refractivity contribution >= 4 is 44.7 Å². The Labute approximate surface area is 276 Å². The molecule has 0 bridgehead atoms. The van der Waals surface area contributed by atoms with Crippen LogP contribution in [0.25, 0.3) is 66.6 Å². The highest BCUT2D eigenvalue weighted by Gasteiger charge is 2.23. The van der Waals surface area contributed by atoms with Gasteiger partial charge >= 0.3 is 0 Å². The number of aryl methyl sites for hydroxylation is 1. The first-order valence-corrected chi connectivity index (χ1v) is 15.9. The average Bonchev–Trinajstić information content (AvgIpc) is 3.67. The van der Waals surface area contributed by atoms with Crippen LogP contribution in [-0.2, 0) is 6.42 Å². The second kappa shape index (κ2) is 10.9. The molecule has 0 unspecified atom stereocenters. The van der Waals surface area contributed by atoms with Crippen molar-refractivity contribution in [2.24, 2.45) is 4.99 Å². The van der Waals surface area contributed by atoms with E-state index in [4.69, 9.17) is 9.98 Å². The first-order chi connectivity index (χ1) is 23.7. The van der Waals surface area contributed by atoms with Gasteiger partial charge in [0.15, 0.2) is 0 Å². The van der Waals surface area contributed by atoms with Crippen LogP contribution >= 0.6 is 0 Å². The molecule has 0 atom stereocenters. The quantitative estimate of drug-likeness (QED) is 0.198. The van der Waals surface area contributed by atoms with Crippen LogP contribution in [-0.4, -0.2) is 20.3 Å². The smallest absolute Gasteiger partial charge is 0.142 e. The summed E-state index contributed by atoms with van der Waals surface area (Å²) in [5.41, 5.74) is 9.51. The molecule has 0 amide bonds. The minimum atomic E-state index is 0.615. The van der Waals surface area contributed by atoms with Crippen LogP contribution in [0.15, 0.2) is 132 Å². The number of rotatable bonds is 4. The fourth-order valence-corrected chi connectivity index (χ4v) is 7.19. The molecule has 0 N–H and O–H groups in total. The maximum Gasteiger partial charge on any atom is 0.142 e. The lowest BCUT2D eigenvalue weighted by Crippen LogP contribution is -2.05. The van der Waals surface area contributed by atoms with Gasteiger partial charge in [-0.05, 0) is 89.7 Å². The number of aromatic nitrogens is 3. The lowest BCUT2D eigenvalue weighted by molar-refractivity contribution is 0.961. The molecule has 1 aliphatic heterocycles. The van der Waals surface area contributed by atoms with Crippen LogP contribution in [0.3, 0.4) is 0 Å². The Morgan fingerprint density at radius 1 is 0.542 bits per heavy atom. The highest BCUT2D eigenvalue weighted by Crippen LogP contribution is 2.41. The molecule has 4 heterocycles. The molecule has 8 aromatic rings. The molecule has 0 saturated carbocycles. The van der Waals surface area contributed by atoms with E-state index in [9.17, 15) is 10.5 Å². The zero-order valence-corrected chi connectivity index (χ0v) is 25.8. The number of benzene rings is 5. The highest BCUT2D eigenvalue weighted by molar-refractivity contribution is 6.09. The summed E-state index contributed by atoms with van der Waals surface area (Å²) in [5.74, 6) is 2.43.